The Hall–Kier alpha value is -1.52. The summed E-state index contributed by atoms with van der Waals surface area (Å²) in [6.45, 7) is 1.92. The first-order valence-electron chi connectivity index (χ1n) is 5.26. The minimum absolute atomic E-state index is 0.0268. The maximum Gasteiger partial charge on any atom is 0.141 e. The average Bonchev–Trinajstić information content (AvgIpc) is 2.77. The number of rotatable bonds is 3. The Morgan fingerprint density at radius 2 is 2.24 bits per heavy atom. The molecule has 5 heteroatoms. The van der Waals surface area contributed by atoms with Gasteiger partial charge in [0.2, 0.25) is 0 Å². The van der Waals surface area contributed by atoms with Gasteiger partial charge in [-0.2, -0.15) is 0 Å². The van der Waals surface area contributed by atoms with Gasteiger partial charge in [-0.25, -0.2) is 4.98 Å². The van der Waals surface area contributed by atoms with Crippen LogP contribution < -0.4 is 0 Å². The van der Waals surface area contributed by atoms with Crippen LogP contribution in [-0.2, 0) is 0 Å². The highest BCUT2D eigenvalue weighted by Crippen LogP contribution is 2.30. The van der Waals surface area contributed by atoms with E-state index in [1.807, 2.05) is 11.5 Å². The van der Waals surface area contributed by atoms with Crippen molar-refractivity contribution in [3.05, 3.63) is 35.6 Å². The number of hydrogen-bond acceptors (Lipinski definition) is 3. The summed E-state index contributed by atoms with van der Waals surface area (Å²) in [7, 11) is 0. The molecule has 0 aliphatic carbocycles. The van der Waals surface area contributed by atoms with Crippen molar-refractivity contribution in [3.8, 4) is 17.1 Å². The first kappa shape index (κ1) is 12.0. The molecule has 2 aromatic rings. The minimum atomic E-state index is -0.0719. The lowest BCUT2D eigenvalue weighted by molar-refractivity contribution is 0.240. The van der Waals surface area contributed by atoms with Gasteiger partial charge >= 0.3 is 0 Å². The van der Waals surface area contributed by atoms with Crippen molar-refractivity contribution < 1.29 is 10.2 Å². The standard InChI is InChI=1S/C12H13ClN2O2/c1-8(7-16)15-5-4-14-12(15)10-3-2-9(17)6-11(10)13/h2-6,8,16-17H,7H2,1H3/t8-/m0/s1. The van der Waals surface area contributed by atoms with Crippen LogP contribution >= 0.6 is 11.6 Å². The second-order valence-electron chi connectivity index (χ2n) is 3.85. The summed E-state index contributed by atoms with van der Waals surface area (Å²) in [5, 5.41) is 18.9. The Morgan fingerprint density at radius 3 is 2.88 bits per heavy atom. The third kappa shape index (κ3) is 2.28. The van der Waals surface area contributed by atoms with Gasteiger partial charge < -0.3 is 14.8 Å². The van der Waals surface area contributed by atoms with Crippen LogP contribution in [0.2, 0.25) is 5.02 Å². The number of nitrogens with zero attached hydrogens (tertiary/aromatic N) is 2. The van der Waals surface area contributed by atoms with E-state index in [0.29, 0.717) is 10.8 Å². The molecular formula is C12H13ClN2O2. The number of hydrogen-bond donors (Lipinski definition) is 2. The molecule has 4 nitrogen and oxygen atoms in total. The normalized spacial score (nSPS) is 12.6. The van der Waals surface area contributed by atoms with Gasteiger partial charge in [-0.3, -0.25) is 0 Å². The Balaban J connectivity index is 2.50. The number of aliphatic hydroxyl groups excluding tert-OH is 1. The third-order valence-corrected chi connectivity index (χ3v) is 2.91. The van der Waals surface area contributed by atoms with E-state index < -0.39 is 0 Å². The van der Waals surface area contributed by atoms with E-state index in [2.05, 4.69) is 4.98 Å². The number of halogens is 1. The van der Waals surface area contributed by atoms with Crippen LogP contribution in [0.15, 0.2) is 30.6 Å². The van der Waals surface area contributed by atoms with Crippen molar-refractivity contribution in [2.45, 2.75) is 13.0 Å². The molecule has 0 fully saturated rings. The largest absolute Gasteiger partial charge is 0.508 e. The smallest absolute Gasteiger partial charge is 0.141 e. The van der Waals surface area contributed by atoms with Crippen LogP contribution in [0.3, 0.4) is 0 Å². The molecule has 0 aliphatic rings. The molecule has 0 bridgehead atoms. The van der Waals surface area contributed by atoms with Gasteiger partial charge in [0.05, 0.1) is 17.7 Å². The SMILES string of the molecule is C[C@@H](CO)n1ccnc1-c1ccc(O)cc1Cl. The summed E-state index contributed by atoms with van der Waals surface area (Å²) < 4.78 is 1.85. The summed E-state index contributed by atoms with van der Waals surface area (Å²) in [4.78, 5) is 4.23. The molecule has 2 rings (SSSR count). The Labute approximate surface area is 104 Å². The number of phenols is 1. The van der Waals surface area contributed by atoms with Crippen LogP contribution in [0, 0.1) is 0 Å². The molecule has 90 valence electrons. The van der Waals surface area contributed by atoms with Crippen molar-refractivity contribution in [2.24, 2.45) is 0 Å². The van der Waals surface area contributed by atoms with E-state index in [-0.39, 0.29) is 18.4 Å². The lowest BCUT2D eigenvalue weighted by Crippen LogP contribution is -2.09. The molecule has 0 saturated heterocycles. The predicted octanol–water partition coefficient (Wildman–Crippen LogP) is 2.46. The quantitative estimate of drug-likeness (QED) is 0.882. The highest BCUT2D eigenvalue weighted by molar-refractivity contribution is 6.33. The van der Waals surface area contributed by atoms with Crippen LogP contribution in [0.5, 0.6) is 5.75 Å². The molecule has 0 saturated carbocycles. The van der Waals surface area contributed by atoms with Crippen molar-refractivity contribution in [2.75, 3.05) is 6.61 Å². The van der Waals surface area contributed by atoms with E-state index in [1.165, 1.54) is 6.07 Å². The fourth-order valence-electron chi connectivity index (χ4n) is 1.65. The van der Waals surface area contributed by atoms with Gasteiger partial charge in [0.15, 0.2) is 0 Å². The Kier molecular flexibility index (Phi) is 3.36. The molecule has 2 N–H and O–H groups in total. The summed E-state index contributed by atoms with van der Waals surface area (Å²) in [6, 6.07) is 4.67. The number of aliphatic hydroxyl groups is 1. The predicted molar refractivity (Wildman–Crippen MR) is 66.1 cm³/mol. The van der Waals surface area contributed by atoms with E-state index >= 15 is 0 Å². The van der Waals surface area contributed by atoms with E-state index in [9.17, 15) is 5.11 Å². The second kappa shape index (κ2) is 4.77. The number of phenolic OH excluding ortho intramolecular Hbond substituents is 1. The zero-order valence-electron chi connectivity index (χ0n) is 9.34. The summed E-state index contributed by atoms with van der Waals surface area (Å²) in [5.74, 6) is 0.795. The molecule has 1 aromatic carbocycles. The van der Waals surface area contributed by atoms with Gasteiger partial charge in [-0.15, -0.1) is 0 Å². The number of benzene rings is 1. The Morgan fingerprint density at radius 1 is 1.47 bits per heavy atom. The van der Waals surface area contributed by atoms with Crippen molar-refractivity contribution in [1.29, 1.82) is 0 Å². The maximum absolute atomic E-state index is 9.31. The van der Waals surface area contributed by atoms with Crippen LogP contribution in [-0.4, -0.2) is 26.4 Å². The lowest BCUT2D eigenvalue weighted by Gasteiger charge is -2.14. The van der Waals surface area contributed by atoms with Crippen molar-refractivity contribution >= 4 is 11.6 Å². The van der Waals surface area contributed by atoms with Crippen molar-refractivity contribution in [1.82, 2.24) is 9.55 Å². The van der Waals surface area contributed by atoms with E-state index in [4.69, 9.17) is 16.7 Å². The number of aromatic hydroxyl groups is 1. The molecule has 0 radical (unpaired) electrons. The highest BCUT2D eigenvalue weighted by atomic mass is 35.5. The molecular weight excluding hydrogens is 240 g/mol. The van der Waals surface area contributed by atoms with Gasteiger partial charge in [0, 0.05) is 18.0 Å². The molecule has 1 aromatic heterocycles. The maximum atomic E-state index is 9.31. The first-order valence-corrected chi connectivity index (χ1v) is 5.64. The van der Waals surface area contributed by atoms with Crippen LogP contribution in [0.4, 0.5) is 0 Å². The summed E-state index contributed by atoms with van der Waals surface area (Å²) >= 11 is 6.06. The number of imidazole rings is 1. The molecule has 0 amide bonds. The number of aromatic nitrogens is 2. The van der Waals surface area contributed by atoms with Crippen LogP contribution in [0.25, 0.3) is 11.4 Å². The van der Waals surface area contributed by atoms with Gasteiger partial charge in [-0.1, -0.05) is 11.6 Å². The molecule has 0 unspecified atom stereocenters. The molecule has 17 heavy (non-hydrogen) atoms. The monoisotopic (exact) mass is 252 g/mol. The van der Waals surface area contributed by atoms with E-state index in [0.717, 1.165) is 5.56 Å². The average molecular weight is 253 g/mol. The van der Waals surface area contributed by atoms with E-state index in [1.54, 1.807) is 24.5 Å². The molecule has 1 atom stereocenters. The topological polar surface area (TPSA) is 58.3 Å². The highest BCUT2D eigenvalue weighted by Gasteiger charge is 2.13. The lowest BCUT2D eigenvalue weighted by atomic mass is 10.2. The fourth-order valence-corrected chi connectivity index (χ4v) is 1.91. The summed E-state index contributed by atoms with van der Waals surface area (Å²) in [5.41, 5.74) is 0.731. The summed E-state index contributed by atoms with van der Waals surface area (Å²) in [6.07, 6.45) is 3.45. The van der Waals surface area contributed by atoms with Gasteiger partial charge in [-0.05, 0) is 25.1 Å². The zero-order valence-corrected chi connectivity index (χ0v) is 10.1. The zero-order chi connectivity index (χ0) is 12.4. The Bertz CT molecular complexity index is 525. The molecule has 0 spiro atoms. The fraction of sp³-hybridized carbons (Fsp3) is 0.250. The minimum Gasteiger partial charge on any atom is -0.508 e. The third-order valence-electron chi connectivity index (χ3n) is 2.60. The first-order chi connectivity index (χ1) is 8.13. The molecule has 0 aliphatic heterocycles. The van der Waals surface area contributed by atoms with Gasteiger partial charge in [0.1, 0.15) is 11.6 Å². The van der Waals surface area contributed by atoms with Gasteiger partial charge in [0.25, 0.3) is 0 Å². The second-order valence-corrected chi connectivity index (χ2v) is 4.26. The molecule has 1 heterocycles. The van der Waals surface area contributed by atoms with Crippen LogP contribution in [0.1, 0.15) is 13.0 Å². The van der Waals surface area contributed by atoms with Crippen molar-refractivity contribution in [3.63, 3.8) is 0 Å².